The van der Waals surface area contributed by atoms with Crippen LogP contribution < -0.4 is 0 Å². The van der Waals surface area contributed by atoms with Crippen molar-refractivity contribution in [1.82, 2.24) is 0 Å². The number of fused-ring (bicyclic) bond motifs is 7. The van der Waals surface area contributed by atoms with Gasteiger partial charge in [-0.25, -0.2) is 0 Å². The summed E-state index contributed by atoms with van der Waals surface area (Å²) in [6, 6.07) is 54.8. The average Bonchev–Trinajstić information content (AvgIpc) is 3.94. The highest BCUT2D eigenvalue weighted by Crippen LogP contribution is 2.55. The van der Waals surface area contributed by atoms with E-state index < -0.39 is 0 Å². The average molecular weight is 713 g/mol. The van der Waals surface area contributed by atoms with Crippen molar-refractivity contribution in [2.45, 2.75) is 94.8 Å². The van der Waals surface area contributed by atoms with E-state index in [9.17, 15) is 0 Å². The summed E-state index contributed by atoms with van der Waals surface area (Å²) < 4.78 is 0. The highest BCUT2D eigenvalue weighted by molar-refractivity contribution is 5.96. The molecule has 4 aliphatic carbocycles. The van der Waals surface area contributed by atoms with Crippen molar-refractivity contribution in [3.63, 3.8) is 0 Å². The zero-order valence-corrected chi connectivity index (χ0v) is 32.5. The zero-order chi connectivity index (χ0) is 36.7. The number of rotatable bonds is 6. The maximum absolute atomic E-state index is 2.58. The first kappa shape index (κ1) is 33.4. The van der Waals surface area contributed by atoms with Crippen LogP contribution in [0.25, 0.3) is 43.8 Å². The van der Waals surface area contributed by atoms with E-state index in [4.69, 9.17) is 0 Å². The van der Waals surface area contributed by atoms with Crippen molar-refractivity contribution in [2.75, 3.05) is 0 Å². The van der Waals surface area contributed by atoms with Gasteiger partial charge in [-0.3, -0.25) is 0 Å². The molecule has 0 aromatic heterocycles. The molecule has 0 heterocycles. The molecular weight excluding hydrogens is 661 g/mol. The fourth-order valence-corrected chi connectivity index (χ4v) is 11.9. The molecule has 7 aromatic rings. The second-order valence-corrected chi connectivity index (χ2v) is 18.3. The van der Waals surface area contributed by atoms with E-state index in [1.165, 1.54) is 135 Å². The van der Waals surface area contributed by atoms with Crippen LogP contribution in [-0.2, 0) is 5.41 Å². The normalized spacial score (nSPS) is 21.9. The molecule has 55 heavy (non-hydrogen) atoms. The molecule has 11 rings (SSSR count). The summed E-state index contributed by atoms with van der Waals surface area (Å²) in [5.41, 5.74) is 15.5. The van der Waals surface area contributed by atoms with Crippen LogP contribution in [0.15, 0.2) is 140 Å². The van der Waals surface area contributed by atoms with Crippen molar-refractivity contribution in [2.24, 2.45) is 11.8 Å². The maximum atomic E-state index is 2.58. The Morgan fingerprint density at radius 3 is 2.04 bits per heavy atom. The van der Waals surface area contributed by atoms with Crippen molar-refractivity contribution < 1.29 is 0 Å². The van der Waals surface area contributed by atoms with Gasteiger partial charge < -0.3 is 0 Å². The van der Waals surface area contributed by atoms with Gasteiger partial charge in [-0.1, -0.05) is 173 Å². The van der Waals surface area contributed by atoms with Gasteiger partial charge in [0.2, 0.25) is 0 Å². The molecule has 0 amide bonds. The van der Waals surface area contributed by atoms with Crippen molar-refractivity contribution >= 4 is 21.5 Å². The highest BCUT2D eigenvalue weighted by Gasteiger charge is 2.40. The number of benzene rings is 7. The summed E-state index contributed by atoms with van der Waals surface area (Å²) in [5, 5.41) is 5.32. The van der Waals surface area contributed by atoms with Gasteiger partial charge in [-0.2, -0.15) is 0 Å². The smallest absolute Gasteiger partial charge is 0.0340 e. The molecule has 0 nitrogen and oxygen atoms in total. The second-order valence-electron chi connectivity index (χ2n) is 18.3. The Labute approximate surface area is 327 Å². The summed E-state index contributed by atoms with van der Waals surface area (Å²) in [5.74, 6) is 3.46. The van der Waals surface area contributed by atoms with E-state index in [1.54, 1.807) is 5.56 Å². The summed E-state index contributed by atoms with van der Waals surface area (Å²) in [6.07, 6.45) is 12.5. The standard InChI is InChI=1S/C55H52/c1-55(2)51-14-8-13-48(44-25-18-37-11-6-7-12-41(37)31-44)54(51)49-28-27-46(34-52(49)55)53(40-22-20-39(21-23-40)50-30-35-15-16-43(50)29-35)45-26-19-38-17-24-42(32-47(38)33-45)36-9-4-3-5-10-36/h6-8,11-14,17-28,31-36,43,50,53H,3-5,9-10,15-16,29-30H2,1-2H3. The van der Waals surface area contributed by atoms with E-state index in [0.717, 1.165) is 17.8 Å². The Kier molecular flexibility index (Phi) is 7.95. The number of hydrogen-bond donors (Lipinski definition) is 0. The Balaban J connectivity index is 1.03. The first-order valence-corrected chi connectivity index (χ1v) is 21.4. The van der Waals surface area contributed by atoms with E-state index in [1.807, 2.05) is 0 Å². The van der Waals surface area contributed by atoms with Crippen molar-refractivity contribution in [3.05, 3.63) is 178 Å². The molecular formula is C55H52. The van der Waals surface area contributed by atoms with Crippen LogP contribution in [0.1, 0.15) is 128 Å². The first-order chi connectivity index (χ1) is 27.0. The molecule has 0 radical (unpaired) electrons. The summed E-state index contributed by atoms with van der Waals surface area (Å²) in [7, 11) is 0. The van der Waals surface area contributed by atoms with Gasteiger partial charge in [-0.15, -0.1) is 0 Å². The minimum absolute atomic E-state index is 0.109. The van der Waals surface area contributed by atoms with E-state index in [2.05, 4.69) is 153 Å². The molecule has 0 saturated heterocycles. The molecule has 0 spiro atoms. The fourth-order valence-electron chi connectivity index (χ4n) is 11.9. The Morgan fingerprint density at radius 2 is 1.22 bits per heavy atom. The quantitative estimate of drug-likeness (QED) is 0.151. The van der Waals surface area contributed by atoms with Crippen molar-refractivity contribution in [3.8, 4) is 22.3 Å². The fraction of sp³-hybridized carbons (Fsp3) is 0.309. The van der Waals surface area contributed by atoms with Gasteiger partial charge in [-0.05, 0) is 145 Å². The minimum Gasteiger partial charge on any atom is -0.0616 e. The topological polar surface area (TPSA) is 0 Å². The van der Waals surface area contributed by atoms with Gasteiger partial charge in [0, 0.05) is 11.3 Å². The van der Waals surface area contributed by atoms with E-state index in [0.29, 0.717) is 5.92 Å². The maximum Gasteiger partial charge on any atom is 0.0340 e. The van der Waals surface area contributed by atoms with Crippen molar-refractivity contribution in [1.29, 1.82) is 0 Å². The lowest BCUT2D eigenvalue weighted by Gasteiger charge is -2.26. The molecule has 0 heteroatoms. The minimum atomic E-state index is -0.109. The molecule has 4 atom stereocenters. The third-order valence-electron chi connectivity index (χ3n) is 14.9. The summed E-state index contributed by atoms with van der Waals surface area (Å²) in [6.45, 7) is 4.88. The molecule has 2 bridgehead atoms. The van der Waals surface area contributed by atoms with Crippen LogP contribution in [0.2, 0.25) is 0 Å². The predicted octanol–water partition coefficient (Wildman–Crippen LogP) is 15.1. The second kappa shape index (κ2) is 13.1. The van der Waals surface area contributed by atoms with Crippen LogP contribution in [-0.4, -0.2) is 0 Å². The number of hydrogen-bond acceptors (Lipinski definition) is 0. The molecule has 0 N–H and O–H groups in total. The molecule has 4 unspecified atom stereocenters. The third kappa shape index (κ3) is 5.62. The highest BCUT2D eigenvalue weighted by atomic mass is 14.4. The summed E-state index contributed by atoms with van der Waals surface area (Å²) >= 11 is 0. The van der Waals surface area contributed by atoms with E-state index in [-0.39, 0.29) is 11.3 Å². The largest absolute Gasteiger partial charge is 0.0616 e. The first-order valence-electron chi connectivity index (χ1n) is 21.4. The van der Waals surface area contributed by atoms with Gasteiger partial charge in [0.1, 0.15) is 0 Å². The predicted molar refractivity (Wildman–Crippen MR) is 232 cm³/mol. The SMILES string of the molecule is CC1(C)c2cc(C(c3ccc(C4CC5CCC4C5)cc3)c3ccc4ccc(C5CCCCC5)cc4c3)ccc2-c2c(-c3ccc4ccccc4c3)cccc21. The molecule has 3 saturated carbocycles. The van der Waals surface area contributed by atoms with Crippen LogP contribution in [0.4, 0.5) is 0 Å². The van der Waals surface area contributed by atoms with E-state index >= 15 is 0 Å². The van der Waals surface area contributed by atoms with Gasteiger partial charge in [0.25, 0.3) is 0 Å². The van der Waals surface area contributed by atoms with Gasteiger partial charge in [0.05, 0.1) is 0 Å². The molecule has 272 valence electrons. The van der Waals surface area contributed by atoms with Crippen LogP contribution in [0, 0.1) is 11.8 Å². The lowest BCUT2D eigenvalue weighted by atomic mass is 9.78. The molecule has 3 fully saturated rings. The molecule has 0 aliphatic heterocycles. The van der Waals surface area contributed by atoms with Crippen LogP contribution >= 0.6 is 0 Å². The Morgan fingerprint density at radius 1 is 0.491 bits per heavy atom. The van der Waals surface area contributed by atoms with Crippen LogP contribution in [0.3, 0.4) is 0 Å². The summed E-state index contributed by atoms with van der Waals surface area (Å²) in [4.78, 5) is 0. The monoisotopic (exact) mass is 712 g/mol. The lowest BCUT2D eigenvalue weighted by Crippen LogP contribution is -2.16. The lowest BCUT2D eigenvalue weighted by molar-refractivity contribution is 0.420. The Hall–Kier alpha value is -4.94. The molecule has 4 aliphatic rings. The van der Waals surface area contributed by atoms with Gasteiger partial charge in [0.15, 0.2) is 0 Å². The third-order valence-corrected chi connectivity index (χ3v) is 14.9. The zero-order valence-electron chi connectivity index (χ0n) is 32.5. The Bertz CT molecular complexity index is 2580. The molecule has 7 aromatic carbocycles. The van der Waals surface area contributed by atoms with Gasteiger partial charge >= 0.3 is 0 Å². The van der Waals surface area contributed by atoms with Crippen LogP contribution in [0.5, 0.6) is 0 Å².